The first-order valence-corrected chi connectivity index (χ1v) is 3.68. The van der Waals surface area contributed by atoms with Gasteiger partial charge >= 0.3 is 0 Å². The van der Waals surface area contributed by atoms with E-state index in [0.29, 0.717) is 0 Å². The molecule has 0 spiro atoms. The number of benzene rings is 1. The topological polar surface area (TPSA) is 17.1 Å². The molecule has 0 aliphatic rings. The second kappa shape index (κ2) is 3.96. The van der Waals surface area contributed by atoms with E-state index in [-0.39, 0.29) is 5.82 Å². The van der Waals surface area contributed by atoms with E-state index >= 15 is 0 Å². The van der Waals surface area contributed by atoms with Gasteiger partial charge in [-0.05, 0) is 5.82 Å². The molecule has 1 atom stereocenters. The average Bonchev–Trinajstić information content (AvgIpc) is 2.07. The van der Waals surface area contributed by atoms with E-state index in [9.17, 15) is 4.79 Å². The number of rotatable bonds is 3. The first-order valence-electron chi connectivity index (χ1n) is 3.68. The molecule has 2 heteroatoms. The first kappa shape index (κ1) is 8.06. The van der Waals surface area contributed by atoms with E-state index in [1.165, 1.54) is 5.56 Å². The average molecular weight is 145 g/mol. The molecular weight excluding hydrogens is 135 g/mol. The van der Waals surface area contributed by atoms with Crippen LogP contribution >= 0.6 is 0 Å². The zero-order valence-corrected chi connectivity index (χ0v) is 6.53. The number of hydrogen-bond donors (Lipinski definition) is 0. The van der Waals surface area contributed by atoms with Gasteiger partial charge in [0.2, 0.25) is 7.28 Å². The summed E-state index contributed by atoms with van der Waals surface area (Å²) in [6.45, 7) is 2.00. The monoisotopic (exact) mass is 145 g/mol. The summed E-state index contributed by atoms with van der Waals surface area (Å²) in [6.07, 6.45) is 0.845. The molecule has 1 radical (unpaired) electrons. The SMILES string of the molecule is C[C@@H]([B]C=O)c1ccccc1. The Bertz CT molecular complexity index is 220. The Hall–Kier alpha value is -1.05. The molecule has 0 aliphatic carbocycles. The van der Waals surface area contributed by atoms with E-state index in [1.807, 2.05) is 37.3 Å². The lowest BCUT2D eigenvalue weighted by atomic mass is 9.64. The van der Waals surface area contributed by atoms with Crippen LogP contribution in [0.4, 0.5) is 0 Å². The van der Waals surface area contributed by atoms with Crippen molar-refractivity contribution < 1.29 is 4.79 Å². The Morgan fingerprint density at radius 2 is 2.00 bits per heavy atom. The molecule has 0 bridgehead atoms. The Morgan fingerprint density at radius 1 is 1.36 bits per heavy atom. The molecule has 11 heavy (non-hydrogen) atoms. The van der Waals surface area contributed by atoms with Gasteiger partial charge in [0.05, 0.1) is 6.19 Å². The van der Waals surface area contributed by atoms with Crippen LogP contribution in [0.2, 0.25) is 0 Å². The van der Waals surface area contributed by atoms with Gasteiger partial charge in [0, 0.05) is 0 Å². The van der Waals surface area contributed by atoms with Crippen molar-refractivity contribution in [2.45, 2.75) is 12.7 Å². The van der Waals surface area contributed by atoms with Crippen LogP contribution in [0.25, 0.3) is 0 Å². The summed E-state index contributed by atoms with van der Waals surface area (Å²) < 4.78 is 0. The lowest BCUT2D eigenvalue weighted by Gasteiger charge is -2.04. The molecule has 0 saturated heterocycles. The molecule has 1 rings (SSSR count). The van der Waals surface area contributed by atoms with E-state index in [4.69, 9.17) is 0 Å². The highest BCUT2D eigenvalue weighted by atomic mass is 16.1. The van der Waals surface area contributed by atoms with Crippen molar-refractivity contribution >= 4 is 13.5 Å². The second-order valence-corrected chi connectivity index (χ2v) is 2.53. The molecule has 0 heterocycles. The summed E-state index contributed by atoms with van der Waals surface area (Å²) in [5.74, 6) is 0.230. The Balaban J connectivity index is 2.68. The molecule has 55 valence electrons. The van der Waals surface area contributed by atoms with Gasteiger partial charge in [-0.1, -0.05) is 42.8 Å². The minimum absolute atomic E-state index is 0.230. The molecule has 1 nitrogen and oxygen atoms in total. The number of carbonyl (C=O) groups is 1. The van der Waals surface area contributed by atoms with Crippen molar-refractivity contribution in [1.29, 1.82) is 0 Å². The van der Waals surface area contributed by atoms with Gasteiger partial charge in [0.25, 0.3) is 0 Å². The highest BCUT2D eigenvalue weighted by Gasteiger charge is 2.03. The molecule has 0 saturated carbocycles. The standard InChI is InChI=1S/C9H10BO/c1-8(10-7-11)9-5-3-2-4-6-9/h2-8H,1H3/t8-/m1/s1. The normalized spacial score (nSPS) is 12.1. The number of carbonyl (C=O) groups excluding carboxylic acids is 1. The highest BCUT2D eigenvalue weighted by Crippen LogP contribution is 2.11. The van der Waals surface area contributed by atoms with Gasteiger partial charge in [-0.2, -0.15) is 0 Å². The van der Waals surface area contributed by atoms with Crippen molar-refractivity contribution in [2.24, 2.45) is 0 Å². The summed E-state index contributed by atoms with van der Waals surface area (Å²) in [6, 6.07) is 9.96. The predicted molar refractivity (Wildman–Crippen MR) is 47.4 cm³/mol. The Kier molecular flexibility index (Phi) is 2.90. The predicted octanol–water partition coefficient (Wildman–Crippen LogP) is 1.64. The quantitative estimate of drug-likeness (QED) is 0.466. The summed E-state index contributed by atoms with van der Waals surface area (Å²) in [4.78, 5) is 10.1. The van der Waals surface area contributed by atoms with E-state index in [0.717, 1.165) is 6.19 Å². The lowest BCUT2D eigenvalue weighted by molar-refractivity contribution is 0.568. The molecule has 0 aromatic heterocycles. The van der Waals surface area contributed by atoms with Crippen molar-refractivity contribution in [1.82, 2.24) is 0 Å². The first-order chi connectivity index (χ1) is 5.34. The van der Waals surface area contributed by atoms with Crippen LogP contribution in [0.1, 0.15) is 18.3 Å². The van der Waals surface area contributed by atoms with Gasteiger partial charge < -0.3 is 4.79 Å². The van der Waals surface area contributed by atoms with Crippen LogP contribution in [0, 0.1) is 0 Å². The summed E-state index contributed by atoms with van der Waals surface area (Å²) in [5, 5.41) is 0. The lowest BCUT2D eigenvalue weighted by Crippen LogP contribution is -2.04. The van der Waals surface area contributed by atoms with Crippen LogP contribution in [-0.4, -0.2) is 13.5 Å². The molecule has 0 amide bonds. The van der Waals surface area contributed by atoms with E-state index in [1.54, 1.807) is 7.28 Å². The van der Waals surface area contributed by atoms with Crippen LogP contribution in [0.3, 0.4) is 0 Å². The van der Waals surface area contributed by atoms with Crippen molar-refractivity contribution in [2.75, 3.05) is 0 Å². The second-order valence-electron chi connectivity index (χ2n) is 2.53. The third-order valence-electron chi connectivity index (χ3n) is 1.69. The van der Waals surface area contributed by atoms with Gasteiger partial charge in [-0.25, -0.2) is 0 Å². The molecular formula is C9H10BO. The van der Waals surface area contributed by atoms with Crippen molar-refractivity contribution in [3.05, 3.63) is 35.9 Å². The highest BCUT2D eigenvalue weighted by molar-refractivity contribution is 6.67. The fraction of sp³-hybridized carbons (Fsp3) is 0.222. The van der Waals surface area contributed by atoms with E-state index < -0.39 is 0 Å². The maximum absolute atomic E-state index is 10.1. The van der Waals surface area contributed by atoms with Crippen molar-refractivity contribution in [3.63, 3.8) is 0 Å². The largest absolute Gasteiger partial charge is 0.315 e. The zero-order valence-electron chi connectivity index (χ0n) is 6.53. The maximum atomic E-state index is 10.1. The molecule has 0 fully saturated rings. The molecule has 0 unspecified atom stereocenters. The molecule has 0 aliphatic heterocycles. The third kappa shape index (κ3) is 2.22. The summed E-state index contributed by atoms with van der Waals surface area (Å²) in [5.41, 5.74) is 1.18. The summed E-state index contributed by atoms with van der Waals surface area (Å²) >= 11 is 0. The van der Waals surface area contributed by atoms with Crippen LogP contribution in [0.15, 0.2) is 30.3 Å². The minimum atomic E-state index is 0.230. The maximum Gasteiger partial charge on any atom is 0.205 e. The van der Waals surface area contributed by atoms with Gasteiger partial charge in [0.1, 0.15) is 0 Å². The van der Waals surface area contributed by atoms with Gasteiger partial charge in [-0.3, -0.25) is 0 Å². The van der Waals surface area contributed by atoms with Crippen molar-refractivity contribution in [3.8, 4) is 0 Å². The van der Waals surface area contributed by atoms with E-state index in [2.05, 4.69) is 0 Å². The molecule has 1 aromatic carbocycles. The summed E-state index contributed by atoms with van der Waals surface area (Å²) in [7, 11) is 1.65. The molecule has 1 aromatic rings. The Morgan fingerprint density at radius 3 is 2.55 bits per heavy atom. The zero-order chi connectivity index (χ0) is 8.10. The van der Waals surface area contributed by atoms with Crippen LogP contribution in [-0.2, 0) is 4.79 Å². The van der Waals surface area contributed by atoms with Gasteiger partial charge in [0.15, 0.2) is 0 Å². The number of hydrogen-bond acceptors (Lipinski definition) is 1. The third-order valence-corrected chi connectivity index (χ3v) is 1.69. The fourth-order valence-electron chi connectivity index (χ4n) is 0.986. The van der Waals surface area contributed by atoms with Crippen LogP contribution < -0.4 is 0 Å². The Labute approximate surface area is 67.7 Å². The molecule has 0 N–H and O–H groups in total. The fourth-order valence-corrected chi connectivity index (χ4v) is 0.986. The smallest absolute Gasteiger partial charge is 0.205 e. The van der Waals surface area contributed by atoms with Crippen LogP contribution in [0.5, 0.6) is 0 Å². The minimum Gasteiger partial charge on any atom is -0.315 e. The van der Waals surface area contributed by atoms with Gasteiger partial charge in [-0.15, -0.1) is 0 Å².